The maximum Gasteiger partial charge on any atom is 0.160 e. The van der Waals surface area contributed by atoms with E-state index in [9.17, 15) is 4.79 Å². The average Bonchev–Trinajstić information content (AvgIpc) is 1.84. The predicted octanol–water partition coefficient (Wildman–Crippen LogP) is -1.71. The van der Waals surface area contributed by atoms with E-state index in [1.165, 1.54) is 0 Å². The minimum absolute atomic E-state index is 0.545. The summed E-state index contributed by atoms with van der Waals surface area (Å²) in [5.74, 6) is -0.545. The summed E-state index contributed by atoms with van der Waals surface area (Å²) in [6, 6.07) is 0. The number of rotatable bonds is 3. The first kappa shape index (κ1) is 8.55. The predicted molar refractivity (Wildman–Crippen MR) is 29.8 cm³/mol. The van der Waals surface area contributed by atoms with Crippen LogP contribution < -0.4 is 0 Å². The quantitative estimate of drug-likeness (QED) is 0.405. The summed E-state index contributed by atoms with van der Waals surface area (Å²) in [5.41, 5.74) is 0. The summed E-state index contributed by atoms with van der Waals surface area (Å²) in [6.07, 6.45) is -2.79. The van der Waals surface area contributed by atoms with Gasteiger partial charge in [-0.2, -0.15) is 0 Å². The number of hydrogen-bond acceptors (Lipinski definition) is 4. The van der Waals surface area contributed by atoms with Crippen molar-refractivity contribution >= 4 is 5.78 Å². The molecule has 0 amide bonds. The maximum atomic E-state index is 10.2. The lowest BCUT2D eigenvalue weighted by Crippen LogP contribution is -2.34. The lowest BCUT2D eigenvalue weighted by molar-refractivity contribution is -0.132. The van der Waals surface area contributed by atoms with Crippen molar-refractivity contribution in [3.63, 3.8) is 0 Å². The van der Waals surface area contributed by atoms with Gasteiger partial charge in [0.05, 0.1) is 6.61 Å². The summed E-state index contributed by atoms with van der Waals surface area (Å²) in [4.78, 5) is 10.2. The van der Waals surface area contributed by atoms with Crippen LogP contribution >= 0.6 is 0 Å². The van der Waals surface area contributed by atoms with Crippen LogP contribution in [0.2, 0.25) is 0 Å². The molecule has 0 saturated heterocycles. The lowest BCUT2D eigenvalue weighted by Gasteiger charge is -2.10. The van der Waals surface area contributed by atoms with E-state index in [0.29, 0.717) is 0 Å². The molecule has 2 atom stereocenters. The van der Waals surface area contributed by atoms with E-state index >= 15 is 0 Å². The summed E-state index contributed by atoms with van der Waals surface area (Å²) in [7, 11) is 0. The Kier molecular flexibility index (Phi) is 3.37. The molecule has 0 unspecified atom stereocenters. The smallest absolute Gasteiger partial charge is 0.160 e. The third kappa shape index (κ3) is 2.55. The van der Waals surface area contributed by atoms with Crippen molar-refractivity contribution in [2.24, 2.45) is 0 Å². The Labute approximate surface area is 52.7 Å². The van der Waals surface area contributed by atoms with Crippen molar-refractivity contribution < 1.29 is 20.1 Å². The molecule has 54 valence electrons. The van der Waals surface area contributed by atoms with Crippen LogP contribution in [-0.2, 0) is 4.79 Å². The van der Waals surface area contributed by atoms with Crippen molar-refractivity contribution in [1.29, 1.82) is 0 Å². The molecular formula is C5H10O4. The monoisotopic (exact) mass is 137 g/mol. The fourth-order valence-electron chi connectivity index (χ4n) is 0.371. The molecular weight excluding hydrogens is 127 g/mol. The highest BCUT2D eigenvalue weighted by molar-refractivity contribution is 5.80. The second kappa shape index (κ2) is 3.55. The summed E-state index contributed by atoms with van der Waals surface area (Å²) >= 11 is 0. The van der Waals surface area contributed by atoms with Crippen molar-refractivity contribution in [2.45, 2.75) is 19.1 Å². The van der Waals surface area contributed by atoms with Crippen molar-refractivity contribution in [1.82, 2.24) is 0 Å². The number of carbonyl (C=O) groups excluding carboxylic acids is 1. The van der Waals surface area contributed by atoms with Gasteiger partial charge in [-0.25, -0.2) is 0 Å². The van der Waals surface area contributed by atoms with Gasteiger partial charge in [0, 0.05) is 0 Å². The van der Waals surface area contributed by atoms with Gasteiger partial charge in [0.15, 0.2) is 5.78 Å². The minimum atomic E-state index is -1.45. The Morgan fingerprint density at radius 1 is 1.56 bits per heavy atom. The SMILES string of the molecule is CC(=O)[13C@@H](O)[13C@H](O)[13CH2]O. The zero-order valence-corrected chi connectivity index (χ0v) is 5.11. The molecule has 0 radical (unpaired) electrons. The Balaban J connectivity index is 3.72. The zero-order chi connectivity index (χ0) is 7.44. The van der Waals surface area contributed by atoms with Crippen molar-refractivity contribution in [3.05, 3.63) is 0 Å². The van der Waals surface area contributed by atoms with Crippen LogP contribution in [0.15, 0.2) is 0 Å². The topological polar surface area (TPSA) is 77.8 Å². The van der Waals surface area contributed by atoms with Crippen LogP contribution in [0.25, 0.3) is 0 Å². The fraction of sp³-hybridized carbons (Fsp3) is 0.800. The van der Waals surface area contributed by atoms with E-state index in [1.807, 2.05) is 0 Å². The summed E-state index contributed by atoms with van der Waals surface area (Å²) in [6.45, 7) is 0.546. The van der Waals surface area contributed by atoms with Crippen LogP contribution in [0, 0.1) is 0 Å². The summed E-state index contributed by atoms with van der Waals surface area (Å²) in [5, 5.41) is 25.4. The number of Topliss-reactive ketones (excluding diaryl/α,β-unsaturated/α-hetero) is 1. The number of aliphatic hydroxyl groups excluding tert-OH is 3. The van der Waals surface area contributed by atoms with Crippen molar-refractivity contribution in [3.8, 4) is 0 Å². The molecule has 0 aliphatic heterocycles. The Hall–Kier alpha value is -0.450. The molecule has 0 fully saturated rings. The lowest BCUT2D eigenvalue weighted by atomic mass is 10.6. The van der Waals surface area contributed by atoms with Crippen molar-refractivity contribution in [2.75, 3.05) is 6.61 Å². The van der Waals surface area contributed by atoms with Gasteiger partial charge in [0.25, 0.3) is 0 Å². The van der Waals surface area contributed by atoms with Crippen LogP contribution in [0.5, 0.6) is 0 Å². The van der Waals surface area contributed by atoms with Crippen LogP contribution in [-0.4, -0.2) is 39.9 Å². The first-order chi connectivity index (χ1) is 4.09. The second-order valence-corrected chi connectivity index (χ2v) is 1.81. The highest BCUT2D eigenvalue weighted by atomic mass is 16.5. The zero-order valence-electron chi connectivity index (χ0n) is 5.11. The molecule has 4 nitrogen and oxygen atoms in total. The van der Waals surface area contributed by atoms with Gasteiger partial charge in [-0.05, 0) is 6.92 Å². The number of ketones is 1. The molecule has 0 heterocycles. The van der Waals surface area contributed by atoms with E-state index in [0.717, 1.165) is 6.92 Å². The molecule has 0 aromatic heterocycles. The first-order valence-corrected chi connectivity index (χ1v) is 2.57. The van der Waals surface area contributed by atoms with Gasteiger partial charge in [0.1, 0.15) is 12.2 Å². The van der Waals surface area contributed by atoms with E-state index in [4.69, 9.17) is 15.3 Å². The molecule has 4 heteroatoms. The molecule has 0 rings (SSSR count). The third-order valence-electron chi connectivity index (χ3n) is 0.968. The molecule has 9 heavy (non-hydrogen) atoms. The van der Waals surface area contributed by atoms with Crippen LogP contribution in [0.1, 0.15) is 6.92 Å². The van der Waals surface area contributed by atoms with Crippen LogP contribution in [0.4, 0.5) is 0 Å². The molecule has 0 saturated carbocycles. The highest BCUT2D eigenvalue weighted by Crippen LogP contribution is 1.92. The van der Waals surface area contributed by atoms with E-state index in [1.54, 1.807) is 0 Å². The molecule has 0 aliphatic carbocycles. The largest absolute Gasteiger partial charge is 0.394 e. The second-order valence-electron chi connectivity index (χ2n) is 1.81. The van der Waals surface area contributed by atoms with Crippen LogP contribution in [0.3, 0.4) is 0 Å². The first-order valence-electron chi connectivity index (χ1n) is 2.57. The minimum Gasteiger partial charge on any atom is -0.394 e. The molecule has 0 bridgehead atoms. The van der Waals surface area contributed by atoms with Gasteiger partial charge in [-0.1, -0.05) is 0 Å². The Bertz CT molecular complexity index is 101. The standard InChI is InChI=1S/C5H10O4/c1-3(7)5(9)4(8)2-6/h4-6,8-9H,2H2,1H3/t4-,5-/m1/s1/i2+1,4+1,5+1. The Morgan fingerprint density at radius 3 is 2.11 bits per heavy atom. The molecule has 3 N–H and O–H groups in total. The molecule has 0 aliphatic rings. The van der Waals surface area contributed by atoms with Gasteiger partial charge in [-0.3, -0.25) is 4.79 Å². The number of carbonyl (C=O) groups is 1. The van der Waals surface area contributed by atoms with Gasteiger partial charge in [-0.15, -0.1) is 0 Å². The van der Waals surface area contributed by atoms with E-state index in [-0.39, 0.29) is 0 Å². The molecule has 0 spiro atoms. The van der Waals surface area contributed by atoms with E-state index in [2.05, 4.69) is 0 Å². The number of hydrogen-bond donors (Lipinski definition) is 3. The fourth-order valence-corrected chi connectivity index (χ4v) is 0.371. The number of aliphatic hydroxyl groups is 3. The van der Waals surface area contributed by atoms with Gasteiger partial charge in [0.2, 0.25) is 0 Å². The molecule has 0 aromatic rings. The third-order valence-corrected chi connectivity index (χ3v) is 0.968. The molecule has 0 aromatic carbocycles. The van der Waals surface area contributed by atoms with E-state index < -0.39 is 24.6 Å². The highest BCUT2D eigenvalue weighted by Gasteiger charge is 2.18. The van der Waals surface area contributed by atoms with Gasteiger partial charge >= 0.3 is 0 Å². The summed E-state index contributed by atoms with van der Waals surface area (Å²) < 4.78 is 0. The normalized spacial score (nSPS) is 16.9. The maximum absolute atomic E-state index is 10.2. The Morgan fingerprint density at radius 2 is 2.00 bits per heavy atom. The van der Waals surface area contributed by atoms with Gasteiger partial charge < -0.3 is 15.3 Å². The average molecular weight is 137 g/mol.